The number of hydrogen-bond donors (Lipinski definition) is 2. The maximum absolute atomic E-state index is 11.9. The maximum Gasteiger partial charge on any atom is 0.309 e. The number of nitrogens with zero attached hydrogens (tertiary/aromatic N) is 2. The third-order valence-electron chi connectivity index (χ3n) is 2.93. The summed E-state index contributed by atoms with van der Waals surface area (Å²) in [6.07, 6.45) is 3.07. The quantitative estimate of drug-likeness (QED) is 0.889. The number of benzene rings is 1. The Morgan fingerprint density at radius 2 is 1.85 bits per heavy atom. The molecule has 1 heterocycles. The zero-order chi connectivity index (χ0) is 14.8. The van der Waals surface area contributed by atoms with E-state index in [-0.39, 0.29) is 12.3 Å². The number of anilines is 1. The van der Waals surface area contributed by atoms with Gasteiger partial charge in [0.25, 0.3) is 0 Å². The molecule has 2 aromatic rings. The lowest BCUT2D eigenvalue weighted by atomic mass is 9.89. The number of aromatic nitrogens is 2. The highest BCUT2D eigenvalue weighted by atomic mass is 16.4. The summed E-state index contributed by atoms with van der Waals surface area (Å²) in [5.74, 6) is -1.35. The van der Waals surface area contributed by atoms with Gasteiger partial charge < -0.3 is 10.4 Å². The van der Waals surface area contributed by atoms with Crippen LogP contribution < -0.4 is 5.32 Å². The fraction of sp³-hybridized carbons (Fsp3) is 0.286. The molecule has 1 aromatic heterocycles. The number of carboxylic acid groups (broad SMARTS) is 1. The zero-order valence-electron chi connectivity index (χ0n) is 11.3. The highest BCUT2D eigenvalue weighted by molar-refractivity contribution is 5.95. The highest BCUT2D eigenvalue weighted by Gasteiger charge is 2.30. The first kappa shape index (κ1) is 13.9. The first-order valence-electron chi connectivity index (χ1n) is 6.12. The Morgan fingerprint density at radius 3 is 2.50 bits per heavy atom. The molecule has 104 valence electrons. The van der Waals surface area contributed by atoms with E-state index in [1.807, 2.05) is 0 Å². The predicted octanol–water partition coefficient (Wildman–Crippen LogP) is 2.07. The first-order valence-corrected chi connectivity index (χ1v) is 6.12. The summed E-state index contributed by atoms with van der Waals surface area (Å²) >= 11 is 0. The van der Waals surface area contributed by atoms with Crippen molar-refractivity contribution in [2.75, 3.05) is 5.32 Å². The lowest BCUT2D eigenvalue weighted by Crippen LogP contribution is -2.29. The molecule has 2 rings (SSSR count). The summed E-state index contributed by atoms with van der Waals surface area (Å²) in [6, 6.07) is 5.16. The Hall–Kier alpha value is -2.50. The van der Waals surface area contributed by atoms with Gasteiger partial charge in [0.2, 0.25) is 5.91 Å². The van der Waals surface area contributed by atoms with Gasteiger partial charge in [0.05, 0.1) is 16.4 Å². The van der Waals surface area contributed by atoms with Gasteiger partial charge in [0.1, 0.15) is 0 Å². The van der Waals surface area contributed by atoms with Crippen LogP contribution in [0.2, 0.25) is 0 Å². The van der Waals surface area contributed by atoms with Crippen molar-refractivity contribution < 1.29 is 14.7 Å². The molecule has 0 aliphatic carbocycles. The predicted molar refractivity (Wildman–Crippen MR) is 74.2 cm³/mol. The summed E-state index contributed by atoms with van der Waals surface area (Å²) in [4.78, 5) is 31.1. The second-order valence-corrected chi connectivity index (χ2v) is 5.17. The minimum atomic E-state index is -1.10. The third kappa shape index (κ3) is 3.09. The van der Waals surface area contributed by atoms with Crippen molar-refractivity contribution in [2.45, 2.75) is 20.3 Å². The van der Waals surface area contributed by atoms with Gasteiger partial charge in [-0.25, -0.2) is 0 Å². The van der Waals surface area contributed by atoms with Crippen LogP contribution in [-0.2, 0) is 9.59 Å². The number of carbonyl (C=O) groups is 2. The lowest BCUT2D eigenvalue weighted by Gasteiger charge is -2.18. The number of carbonyl (C=O) groups excluding carboxylic acids is 1. The normalized spacial score (nSPS) is 11.3. The fourth-order valence-electron chi connectivity index (χ4n) is 1.72. The molecule has 0 atom stereocenters. The van der Waals surface area contributed by atoms with Crippen molar-refractivity contribution in [1.82, 2.24) is 9.97 Å². The number of nitrogens with one attached hydrogen (secondary N) is 1. The van der Waals surface area contributed by atoms with Gasteiger partial charge in [0, 0.05) is 24.5 Å². The van der Waals surface area contributed by atoms with Crippen molar-refractivity contribution in [2.24, 2.45) is 5.41 Å². The smallest absolute Gasteiger partial charge is 0.309 e. The van der Waals surface area contributed by atoms with E-state index in [1.165, 1.54) is 13.8 Å². The minimum Gasteiger partial charge on any atom is -0.481 e. The topological polar surface area (TPSA) is 92.2 Å². The molecule has 0 radical (unpaired) electrons. The van der Waals surface area contributed by atoms with Crippen LogP contribution in [0, 0.1) is 5.41 Å². The molecule has 0 unspecified atom stereocenters. The maximum atomic E-state index is 11.9. The highest BCUT2D eigenvalue weighted by Crippen LogP contribution is 2.22. The summed E-state index contributed by atoms with van der Waals surface area (Å²) in [5.41, 5.74) is 0.879. The molecule has 6 heteroatoms. The van der Waals surface area contributed by atoms with E-state index in [4.69, 9.17) is 5.11 Å². The van der Waals surface area contributed by atoms with E-state index in [9.17, 15) is 9.59 Å². The van der Waals surface area contributed by atoms with Gasteiger partial charge >= 0.3 is 5.97 Å². The van der Waals surface area contributed by atoms with Crippen LogP contribution in [0.3, 0.4) is 0 Å². The summed E-state index contributed by atoms with van der Waals surface area (Å²) in [5, 5.41) is 11.7. The van der Waals surface area contributed by atoms with Crippen LogP contribution in [0.15, 0.2) is 30.6 Å². The minimum absolute atomic E-state index is 0.0964. The monoisotopic (exact) mass is 273 g/mol. The van der Waals surface area contributed by atoms with Crippen LogP contribution in [0.1, 0.15) is 20.3 Å². The van der Waals surface area contributed by atoms with Gasteiger partial charge in [-0.3, -0.25) is 19.6 Å². The second kappa shape index (κ2) is 5.24. The van der Waals surface area contributed by atoms with Gasteiger partial charge in [-0.15, -0.1) is 0 Å². The summed E-state index contributed by atoms with van der Waals surface area (Å²) in [6.45, 7) is 3.03. The van der Waals surface area contributed by atoms with Gasteiger partial charge in [-0.05, 0) is 32.0 Å². The number of rotatable bonds is 4. The Balaban J connectivity index is 2.12. The van der Waals surface area contributed by atoms with Crippen LogP contribution in [0.4, 0.5) is 5.69 Å². The van der Waals surface area contributed by atoms with E-state index in [0.717, 1.165) is 5.52 Å². The van der Waals surface area contributed by atoms with Crippen LogP contribution in [-0.4, -0.2) is 27.0 Å². The van der Waals surface area contributed by atoms with Crippen LogP contribution in [0.5, 0.6) is 0 Å². The molecular weight excluding hydrogens is 258 g/mol. The molecule has 0 aliphatic rings. The molecule has 6 nitrogen and oxygen atoms in total. The van der Waals surface area contributed by atoms with E-state index in [0.29, 0.717) is 11.2 Å². The SMILES string of the molecule is CC(C)(CC(=O)Nc1ccc2nccnc2c1)C(=O)O. The molecule has 0 saturated carbocycles. The average Bonchev–Trinajstić information content (AvgIpc) is 2.37. The molecule has 0 fully saturated rings. The number of aliphatic carboxylic acids is 1. The molecule has 0 bridgehead atoms. The van der Waals surface area contributed by atoms with Gasteiger partial charge in [-0.2, -0.15) is 0 Å². The van der Waals surface area contributed by atoms with E-state index in [2.05, 4.69) is 15.3 Å². The standard InChI is InChI=1S/C14H15N3O3/c1-14(2,13(19)20)8-12(18)17-9-3-4-10-11(7-9)16-6-5-15-10/h3-7H,8H2,1-2H3,(H,17,18)(H,19,20). The Bertz CT molecular complexity index is 668. The van der Waals surface area contributed by atoms with Crippen LogP contribution in [0.25, 0.3) is 11.0 Å². The molecule has 1 aromatic carbocycles. The lowest BCUT2D eigenvalue weighted by molar-refractivity contribution is -0.148. The number of carboxylic acids is 1. The molecule has 0 spiro atoms. The zero-order valence-corrected chi connectivity index (χ0v) is 11.3. The second-order valence-electron chi connectivity index (χ2n) is 5.17. The summed E-state index contributed by atoms with van der Waals surface area (Å²) < 4.78 is 0. The van der Waals surface area contributed by atoms with E-state index >= 15 is 0 Å². The van der Waals surface area contributed by atoms with Crippen molar-refractivity contribution in [3.05, 3.63) is 30.6 Å². The van der Waals surface area contributed by atoms with Crippen molar-refractivity contribution >= 4 is 28.6 Å². The first-order chi connectivity index (χ1) is 9.38. The fourth-order valence-corrected chi connectivity index (χ4v) is 1.72. The van der Waals surface area contributed by atoms with Crippen molar-refractivity contribution in [3.8, 4) is 0 Å². The van der Waals surface area contributed by atoms with Crippen molar-refractivity contribution in [1.29, 1.82) is 0 Å². The van der Waals surface area contributed by atoms with Gasteiger partial charge in [-0.1, -0.05) is 0 Å². The Morgan fingerprint density at radius 1 is 1.20 bits per heavy atom. The Kier molecular flexibility index (Phi) is 3.65. The molecule has 2 N–H and O–H groups in total. The molecule has 1 amide bonds. The van der Waals surface area contributed by atoms with E-state index in [1.54, 1.807) is 30.6 Å². The summed E-state index contributed by atoms with van der Waals surface area (Å²) in [7, 11) is 0. The third-order valence-corrected chi connectivity index (χ3v) is 2.93. The van der Waals surface area contributed by atoms with Crippen molar-refractivity contribution in [3.63, 3.8) is 0 Å². The Labute approximate surface area is 115 Å². The van der Waals surface area contributed by atoms with Crippen LogP contribution >= 0.6 is 0 Å². The largest absolute Gasteiger partial charge is 0.481 e. The van der Waals surface area contributed by atoms with E-state index < -0.39 is 11.4 Å². The molecular formula is C14H15N3O3. The molecule has 0 saturated heterocycles. The molecule has 0 aliphatic heterocycles. The number of fused-ring (bicyclic) bond motifs is 1. The number of hydrogen-bond acceptors (Lipinski definition) is 4. The average molecular weight is 273 g/mol. The molecule has 20 heavy (non-hydrogen) atoms. The number of amides is 1. The van der Waals surface area contributed by atoms with Gasteiger partial charge in [0.15, 0.2) is 0 Å².